The van der Waals surface area contributed by atoms with Gasteiger partial charge >= 0.3 is 5.97 Å². The van der Waals surface area contributed by atoms with E-state index in [1.165, 1.54) is 0 Å². The molecule has 0 saturated heterocycles. The molecule has 0 bridgehead atoms. The van der Waals surface area contributed by atoms with Gasteiger partial charge in [-0.2, -0.15) is 0 Å². The summed E-state index contributed by atoms with van der Waals surface area (Å²) in [5, 5.41) is 15.8. The summed E-state index contributed by atoms with van der Waals surface area (Å²) in [4.78, 5) is 44.0. The second kappa shape index (κ2) is 17.3. The molecule has 1 amide bonds. The summed E-state index contributed by atoms with van der Waals surface area (Å²) >= 11 is 0. The highest BCUT2D eigenvalue weighted by atomic mass is 16.4. The number of hydrogen-bond donors (Lipinski definition) is 4. The number of carboxylic acids is 1. The van der Waals surface area contributed by atoms with Gasteiger partial charge in [-0.3, -0.25) is 19.4 Å². The number of benzene rings is 6. The number of aliphatic carboxylic acids is 1. The van der Waals surface area contributed by atoms with Crippen molar-refractivity contribution in [1.82, 2.24) is 0 Å². The van der Waals surface area contributed by atoms with Crippen molar-refractivity contribution >= 4 is 40.9 Å². The number of hydrogen-bond acceptors (Lipinski definition) is 6. The van der Waals surface area contributed by atoms with Crippen molar-refractivity contribution in [2.24, 2.45) is 10.7 Å². The number of carboxylic acid groups (broad SMARTS) is 1. The highest BCUT2D eigenvalue weighted by molar-refractivity contribution is 6.10. The Morgan fingerprint density at radius 2 is 1.61 bits per heavy atom. The van der Waals surface area contributed by atoms with Crippen molar-refractivity contribution < 1.29 is 19.5 Å². The van der Waals surface area contributed by atoms with Crippen LogP contribution in [0.25, 0.3) is 22.3 Å². The van der Waals surface area contributed by atoms with Gasteiger partial charge in [-0.05, 0) is 137 Å². The molecule has 294 valence electrons. The quantitative estimate of drug-likeness (QED) is 0.114. The normalized spacial score (nSPS) is 15.8. The fourth-order valence-corrected chi connectivity index (χ4v) is 8.70. The number of allylic oxidation sites excluding steroid dienone is 1. The van der Waals surface area contributed by atoms with Crippen LogP contribution in [0.1, 0.15) is 85.2 Å². The van der Waals surface area contributed by atoms with Gasteiger partial charge in [0.05, 0.1) is 23.7 Å². The van der Waals surface area contributed by atoms with Crippen molar-refractivity contribution in [3.05, 3.63) is 184 Å². The molecule has 0 spiro atoms. The van der Waals surface area contributed by atoms with Crippen molar-refractivity contribution in [2.45, 2.75) is 57.4 Å². The summed E-state index contributed by atoms with van der Waals surface area (Å²) in [5.41, 5.74) is 19.8. The van der Waals surface area contributed by atoms with Gasteiger partial charge in [0.2, 0.25) is 0 Å². The maximum absolute atomic E-state index is 14.5. The van der Waals surface area contributed by atoms with Gasteiger partial charge in [0.1, 0.15) is 0 Å². The van der Waals surface area contributed by atoms with E-state index < -0.39 is 5.97 Å². The maximum Gasteiger partial charge on any atom is 0.303 e. The first-order valence-electron chi connectivity index (χ1n) is 20.1. The van der Waals surface area contributed by atoms with Crippen LogP contribution in [0.5, 0.6) is 0 Å². The van der Waals surface area contributed by atoms with E-state index in [4.69, 9.17) is 5.73 Å². The molecule has 0 aromatic heterocycles. The minimum atomic E-state index is -0.796. The highest BCUT2D eigenvalue weighted by Gasteiger charge is 2.36. The van der Waals surface area contributed by atoms with E-state index >= 15 is 0 Å². The lowest BCUT2D eigenvalue weighted by Gasteiger charge is -2.34. The zero-order valence-corrected chi connectivity index (χ0v) is 33.0. The fourth-order valence-electron chi connectivity index (χ4n) is 8.70. The third-order valence-electron chi connectivity index (χ3n) is 11.6. The SMILES string of the molecule is C1=CNc2ccccc2N=C1.Cc1cc(C(=O)C2Cc3ccccc3-c3ccc4c(c32)CCCC4CC(=O)O)ccc1NC(=O)c1ccccc1-c1ccc(CN)cc1. The van der Waals surface area contributed by atoms with Crippen LogP contribution in [0.2, 0.25) is 0 Å². The summed E-state index contributed by atoms with van der Waals surface area (Å²) in [6.07, 6.45) is 8.78. The van der Waals surface area contributed by atoms with Gasteiger partial charge in [-0.25, -0.2) is 0 Å². The lowest BCUT2D eigenvalue weighted by molar-refractivity contribution is -0.137. The Morgan fingerprint density at radius 3 is 2.41 bits per heavy atom. The summed E-state index contributed by atoms with van der Waals surface area (Å²) in [6, 6.07) is 41.3. The van der Waals surface area contributed by atoms with E-state index in [0.717, 1.165) is 86.3 Å². The molecule has 6 aromatic rings. The third kappa shape index (κ3) is 8.26. The number of nitrogens with zero attached hydrogens (tertiary/aromatic N) is 1. The van der Waals surface area contributed by atoms with Crippen molar-refractivity contribution in [1.29, 1.82) is 0 Å². The van der Waals surface area contributed by atoms with Crippen LogP contribution in [-0.2, 0) is 24.2 Å². The van der Waals surface area contributed by atoms with Crippen LogP contribution in [0.15, 0.2) is 145 Å². The van der Waals surface area contributed by atoms with Gasteiger partial charge in [-0.1, -0.05) is 91.0 Å². The van der Waals surface area contributed by atoms with Gasteiger partial charge < -0.3 is 21.5 Å². The number of aryl methyl sites for hydroxylation is 1. The summed E-state index contributed by atoms with van der Waals surface area (Å²) in [7, 11) is 0. The molecule has 5 N–H and O–H groups in total. The second-order valence-electron chi connectivity index (χ2n) is 15.3. The molecule has 2 unspecified atom stereocenters. The Balaban J connectivity index is 0.000000378. The number of aliphatic imine (C=N–C) groups is 1. The monoisotopic (exact) mass is 778 g/mol. The zero-order valence-electron chi connectivity index (χ0n) is 33.0. The molecule has 0 fully saturated rings. The molecule has 59 heavy (non-hydrogen) atoms. The molecular weight excluding hydrogens is 733 g/mol. The van der Waals surface area contributed by atoms with Gasteiger partial charge in [0.25, 0.3) is 5.91 Å². The van der Waals surface area contributed by atoms with Crippen molar-refractivity contribution in [3.63, 3.8) is 0 Å². The fraction of sp³-hybridized carbons (Fsp3) is 0.176. The lowest BCUT2D eigenvalue weighted by atomic mass is 9.69. The third-order valence-corrected chi connectivity index (χ3v) is 11.6. The first-order chi connectivity index (χ1) is 28.8. The summed E-state index contributed by atoms with van der Waals surface area (Å²) in [5.74, 6) is -1.42. The molecule has 0 radical (unpaired) electrons. The minimum absolute atomic E-state index is 0.0340. The molecular formula is C51H46N4O4. The standard InChI is InChI=1S/C42H38N2O4.C9H8N2/c1-25-21-30(17-20-38(25)44-42(48)36-11-5-4-9-31(36)27-15-13-26(24-43)14-16-27)41(47)37-22-28-7-2-3-10-32(28)35-19-18-33-29(23-39(45)46)8-6-12-34(33)40(35)37;1-2-5-9-8(4-1)10-6-3-7-11-9/h2-5,7,9-11,13-21,29,37H,6,8,12,22-24,43H2,1H3,(H,44,48)(H,45,46);1-7,10H. The number of ketones is 1. The zero-order chi connectivity index (χ0) is 40.9. The number of carbonyl (C=O) groups excluding carboxylic acids is 2. The van der Waals surface area contributed by atoms with E-state index in [0.29, 0.717) is 29.8 Å². The maximum atomic E-state index is 14.5. The van der Waals surface area contributed by atoms with Crippen LogP contribution in [-0.4, -0.2) is 29.0 Å². The van der Waals surface area contributed by atoms with Crippen molar-refractivity contribution in [2.75, 3.05) is 10.6 Å². The van der Waals surface area contributed by atoms with E-state index in [1.54, 1.807) is 6.21 Å². The molecule has 3 aliphatic rings. The number of rotatable bonds is 8. The van der Waals surface area contributed by atoms with Crippen LogP contribution in [0, 0.1) is 6.92 Å². The molecule has 8 heteroatoms. The van der Waals surface area contributed by atoms with E-state index in [1.807, 2.05) is 122 Å². The number of anilines is 2. The van der Waals surface area contributed by atoms with Gasteiger partial charge in [0, 0.05) is 35.8 Å². The number of fused-ring (bicyclic) bond motifs is 6. The molecule has 1 aliphatic heterocycles. The second-order valence-corrected chi connectivity index (χ2v) is 15.3. The molecule has 8 nitrogen and oxygen atoms in total. The number of amides is 1. The van der Waals surface area contributed by atoms with Crippen LogP contribution in [0.3, 0.4) is 0 Å². The Hall–Kier alpha value is -6.90. The number of para-hydroxylation sites is 2. The number of nitrogens with one attached hydrogen (secondary N) is 2. The topological polar surface area (TPSA) is 134 Å². The Labute approximate surface area is 344 Å². The molecule has 2 aliphatic carbocycles. The minimum Gasteiger partial charge on any atom is -0.481 e. The van der Waals surface area contributed by atoms with E-state index in [-0.39, 0.29) is 29.9 Å². The molecule has 2 atom stereocenters. The molecule has 1 heterocycles. The molecule has 9 rings (SSSR count). The predicted octanol–water partition coefficient (Wildman–Crippen LogP) is 10.8. The first-order valence-corrected chi connectivity index (χ1v) is 20.1. The van der Waals surface area contributed by atoms with Gasteiger partial charge in [-0.15, -0.1) is 0 Å². The largest absolute Gasteiger partial charge is 0.481 e. The number of carbonyl (C=O) groups is 3. The molecule has 6 aromatic carbocycles. The predicted molar refractivity (Wildman–Crippen MR) is 237 cm³/mol. The Kier molecular flexibility index (Phi) is 11.4. The van der Waals surface area contributed by atoms with Crippen molar-refractivity contribution in [3.8, 4) is 22.3 Å². The molecule has 0 saturated carbocycles. The van der Waals surface area contributed by atoms with E-state index in [9.17, 15) is 19.5 Å². The van der Waals surface area contributed by atoms with Gasteiger partial charge in [0.15, 0.2) is 5.78 Å². The van der Waals surface area contributed by atoms with Crippen LogP contribution in [0.4, 0.5) is 17.1 Å². The van der Waals surface area contributed by atoms with Crippen LogP contribution < -0.4 is 16.4 Å². The highest BCUT2D eigenvalue weighted by Crippen LogP contribution is 2.47. The average molecular weight is 779 g/mol. The Morgan fingerprint density at radius 1 is 0.847 bits per heavy atom. The van der Waals surface area contributed by atoms with E-state index in [2.05, 4.69) is 39.9 Å². The smallest absolute Gasteiger partial charge is 0.303 e. The Bertz CT molecular complexity index is 2630. The lowest BCUT2D eigenvalue weighted by Crippen LogP contribution is -2.25. The average Bonchev–Trinajstić information content (AvgIpc) is 3.52. The number of nitrogens with two attached hydrogens (primary N) is 1. The first kappa shape index (κ1) is 38.9. The summed E-state index contributed by atoms with van der Waals surface area (Å²) < 4.78 is 0. The summed E-state index contributed by atoms with van der Waals surface area (Å²) in [6.45, 7) is 2.36. The van der Waals surface area contributed by atoms with Crippen LogP contribution >= 0.6 is 0 Å². The number of Topliss-reactive ketones (excluding diaryl/α,β-unsaturated/α-hetero) is 1.